The zero-order valence-electron chi connectivity index (χ0n) is 49.5. The fourth-order valence-electron chi connectivity index (χ4n) is 8.70. The van der Waals surface area contributed by atoms with Gasteiger partial charge in [0.05, 0.1) is 39.9 Å². The number of allylic oxidation sites excluding steroid dienone is 15. The molecule has 0 radical (unpaired) electrons. The smallest absolute Gasteiger partial charge is 0.268 e. The number of amides is 1. The molecule has 0 aliphatic heterocycles. The van der Waals surface area contributed by atoms with Crippen molar-refractivity contribution in [2.24, 2.45) is 0 Å². The summed E-state index contributed by atoms with van der Waals surface area (Å²) in [6.45, 7) is 4.52. The molecular formula is C66H119N2O6P. The summed E-state index contributed by atoms with van der Waals surface area (Å²) in [7, 11) is 1.23. The number of carbonyl (C=O) groups is 1. The number of hydrogen-bond donors (Lipinski definition) is 2. The van der Waals surface area contributed by atoms with E-state index in [1.807, 2.05) is 27.2 Å². The molecule has 0 saturated carbocycles. The third-order valence-corrected chi connectivity index (χ3v) is 14.5. The molecule has 8 nitrogen and oxygen atoms in total. The number of nitrogens with one attached hydrogen (secondary N) is 1. The SMILES string of the molecule is CC/C=C\C/C=C\C/C=C\C/C=C\C/C=C\C/C=C\CCCCCCCCCCC(=O)NC(COP(=O)([O-])OCC[N+](C)(C)C)C(O)/C=C/CC/C=C/CCCCCCCCCCCCCCCCCCCCCC. The molecule has 0 aromatic carbocycles. The number of aliphatic hydroxyl groups is 1. The zero-order chi connectivity index (χ0) is 54.9. The Hall–Kier alpha value is -2.58. The van der Waals surface area contributed by atoms with E-state index in [1.165, 1.54) is 154 Å². The Morgan fingerprint density at radius 3 is 1.24 bits per heavy atom. The van der Waals surface area contributed by atoms with Crippen LogP contribution in [-0.4, -0.2) is 68.5 Å². The molecule has 0 aromatic rings. The van der Waals surface area contributed by atoms with Crippen molar-refractivity contribution in [1.82, 2.24) is 5.32 Å². The minimum Gasteiger partial charge on any atom is -0.756 e. The van der Waals surface area contributed by atoms with Gasteiger partial charge in [0.15, 0.2) is 0 Å². The summed E-state index contributed by atoms with van der Waals surface area (Å²) in [6.07, 6.45) is 80.7. The number of nitrogens with zero attached hydrogens (tertiary/aromatic N) is 1. The maximum atomic E-state index is 13.0. The van der Waals surface area contributed by atoms with E-state index in [0.717, 1.165) is 89.9 Å². The monoisotopic (exact) mass is 1070 g/mol. The van der Waals surface area contributed by atoms with Crippen LogP contribution in [-0.2, 0) is 18.4 Å². The molecule has 0 aromatic heterocycles. The van der Waals surface area contributed by atoms with E-state index in [-0.39, 0.29) is 12.5 Å². The van der Waals surface area contributed by atoms with Crippen molar-refractivity contribution in [3.05, 3.63) is 97.2 Å². The van der Waals surface area contributed by atoms with Gasteiger partial charge in [0.2, 0.25) is 5.91 Å². The number of aliphatic hydroxyl groups excluding tert-OH is 1. The summed E-state index contributed by atoms with van der Waals surface area (Å²) in [4.78, 5) is 25.6. The summed E-state index contributed by atoms with van der Waals surface area (Å²) in [5, 5.41) is 13.9. The quantitative estimate of drug-likeness (QED) is 0.0272. The van der Waals surface area contributed by atoms with E-state index < -0.39 is 26.6 Å². The number of quaternary nitrogens is 1. The molecule has 9 heteroatoms. The Balaban J connectivity index is 4.25. The molecule has 3 unspecified atom stereocenters. The molecule has 75 heavy (non-hydrogen) atoms. The Bertz CT molecular complexity index is 1540. The molecule has 2 N–H and O–H groups in total. The lowest BCUT2D eigenvalue weighted by molar-refractivity contribution is -0.870. The Morgan fingerprint density at radius 1 is 0.480 bits per heavy atom. The molecule has 0 aliphatic rings. The Labute approximate surface area is 464 Å². The number of likely N-dealkylation sites (N-methyl/N-ethyl adjacent to an activating group) is 1. The molecule has 0 fully saturated rings. The molecule has 434 valence electrons. The highest BCUT2D eigenvalue weighted by molar-refractivity contribution is 7.45. The summed E-state index contributed by atoms with van der Waals surface area (Å²) in [5.41, 5.74) is 0. The summed E-state index contributed by atoms with van der Waals surface area (Å²) in [6, 6.07) is -0.916. The van der Waals surface area contributed by atoms with Crippen LogP contribution >= 0.6 is 7.82 Å². The van der Waals surface area contributed by atoms with Crippen molar-refractivity contribution in [1.29, 1.82) is 0 Å². The average Bonchev–Trinajstić information content (AvgIpc) is 3.37. The molecule has 0 rings (SSSR count). The molecule has 0 heterocycles. The normalized spacial score (nSPS) is 14.5. The molecule has 0 spiro atoms. The highest BCUT2D eigenvalue weighted by atomic mass is 31.2. The second-order valence-electron chi connectivity index (χ2n) is 22.0. The van der Waals surface area contributed by atoms with E-state index in [0.29, 0.717) is 17.4 Å². The van der Waals surface area contributed by atoms with Crippen molar-refractivity contribution >= 4 is 13.7 Å². The number of hydrogen-bond acceptors (Lipinski definition) is 6. The number of phosphoric acid groups is 1. The Kier molecular flexibility index (Phi) is 54.2. The van der Waals surface area contributed by atoms with Gasteiger partial charge in [-0.15, -0.1) is 0 Å². The molecular weight excluding hydrogens is 948 g/mol. The van der Waals surface area contributed by atoms with Crippen LogP contribution in [0.4, 0.5) is 0 Å². The lowest BCUT2D eigenvalue weighted by Gasteiger charge is -2.29. The fraction of sp³-hybridized carbons (Fsp3) is 0.742. The van der Waals surface area contributed by atoms with Crippen LogP contribution in [0.5, 0.6) is 0 Å². The van der Waals surface area contributed by atoms with Crippen LogP contribution < -0.4 is 10.2 Å². The lowest BCUT2D eigenvalue weighted by atomic mass is 10.0. The van der Waals surface area contributed by atoms with Crippen LogP contribution in [0.25, 0.3) is 0 Å². The third-order valence-electron chi connectivity index (χ3n) is 13.5. The Morgan fingerprint density at radius 2 is 0.827 bits per heavy atom. The van der Waals surface area contributed by atoms with Crippen molar-refractivity contribution in [2.75, 3.05) is 40.9 Å². The standard InChI is InChI=1S/C66H119N2O6P/c1-6-8-10-12-14-16-18-20-22-24-26-28-30-32-34-36-38-40-42-44-46-48-50-52-54-56-58-60-66(70)67-64(63-74-75(71,72)73-62-61-68(3,4)5)65(69)59-57-55-53-51-49-47-45-43-41-39-37-35-33-31-29-27-25-23-21-19-17-15-13-11-9-7-2/h8,10,14,16,20,22,26,28,32,34,38,40,49,51,57,59,64-65,69H,6-7,9,11-13,15,17-19,21,23-25,27,29-31,33,35-37,39,41-48,50,52-56,58,60-63H2,1-5H3,(H-,67,70,71,72)/b10-8-,16-14-,22-20-,28-26-,34-32-,40-38-,51-49+,59-57+. The van der Waals surface area contributed by atoms with Gasteiger partial charge in [0, 0.05) is 6.42 Å². The van der Waals surface area contributed by atoms with Gasteiger partial charge in [-0.05, 0) is 83.5 Å². The van der Waals surface area contributed by atoms with Gasteiger partial charge in [-0.25, -0.2) is 0 Å². The van der Waals surface area contributed by atoms with Gasteiger partial charge >= 0.3 is 0 Å². The van der Waals surface area contributed by atoms with E-state index in [9.17, 15) is 19.4 Å². The molecule has 0 aliphatic carbocycles. The number of rotatable bonds is 56. The molecule has 0 bridgehead atoms. The number of carbonyl (C=O) groups excluding carboxylic acids is 1. The van der Waals surface area contributed by atoms with E-state index in [4.69, 9.17) is 9.05 Å². The predicted octanol–water partition coefficient (Wildman–Crippen LogP) is 18.7. The second kappa shape index (κ2) is 56.2. The van der Waals surface area contributed by atoms with E-state index >= 15 is 0 Å². The largest absolute Gasteiger partial charge is 0.756 e. The summed E-state index contributed by atoms with van der Waals surface area (Å²) < 4.78 is 23.4. The van der Waals surface area contributed by atoms with Gasteiger partial charge in [-0.2, -0.15) is 0 Å². The van der Waals surface area contributed by atoms with E-state index in [1.54, 1.807) is 6.08 Å². The number of phosphoric ester groups is 1. The first-order chi connectivity index (χ1) is 36.5. The molecule has 3 atom stereocenters. The highest BCUT2D eigenvalue weighted by Crippen LogP contribution is 2.38. The van der Waals surface area contributed by atoms with Gasteiger partial charge in [0.25, 0.3) is 7.82 Å². The average molecular weight is 1070 g/mol. The predicted molar refractivity (Wildman–Crippen MR) is 325 cm³/mol. The topological polar surface area (TPSA) is 108 Å². The van der Waals surface area contributed by atoms with Gasteiger partial charge < -0.3 is 28.8 Å². The van der Waals surface area contributed by atoms with Crippen LogP contribution in [0, 0.1) is 0 Å². The minimum absolute atomic E-state index is 0.0127. The minimum atomic E-state index is -4.62. The summed E-state index contributed by atoms with van der Waals surface area (Å²) >= 11 is 0. The third kappa shape index (κ3) is 58.9. The molecule has 1 amide bonds. The first-order valence-electron chi connectivity index (χ1n) is 31.1. The van der Waals surface area contributed by atoms with Gasteiger partial charge in [0.1, 0.15) is 13.2 Å². The van der Waals surface area contributed by atoms with Crippen LogP contribution in [0.15, 0.2) is 97.2 Å². The van der Waals surface area contributed by atoms with Gasteiger partial charge in [-0.3, -0.25) is 9.36 Å². The first kappa shape index (κ1) is 72.4. The van der Waals surface area contributed by atoms with Crippen molar-refractivity contribution in [3.8, 4) is 0 Å². The maximum Gasteiger partial charge on any atom is 0.268 e. The van der Waals surface area contributed by atoms with Crippen LogP contribution in [0.3, 0.4) is 0 Å². The number of unbranched alkanes of at least 4 members (excludes halogenated alkanes) is 29. The van der Waals surface area contributed by atoms with Crippen LogP contribution in [0.2, 0.25) is 0 Å². The second-order valence-corrected chi connectivity index (χ2v) is 23.4. The fourth-order valence-corrected chi connectivity index (χ4v) is 9.43. The van der Waals surface area contributed by atoms with Crippen molar-refractivity contribution < 1.29 is 32.9 Å². The maximum absolute atomic E-state index is 13.0. The van der Waals surface area contributed by atoms with Crippen LogP contribution in [0.1, 0.15) is 264 Å². The first-order valence-corrected chi connectivity index (χ1v) is 32.6. The zero-order valence-corrected chi connectivity index (χ0v) is 50.4. The van der Waals surface area contributed by atoms with Crippen molar-refractivity contribution in [3.63, 3.8) is 0 Å². The van der Waals surface area contributed by atoms with Gasteiger partial charge in [-0.1, -0.05) is 272 Å². The summed E-state index contributed by atoms with van der Waals surface area (Å²) in [5.74, 6) is -0.218. The molecule has 0 saturated heterocycles. The lowest BCUT2D eigenvalue weighted by Crippen LogP contribution is -2.45. The highest BCUT2D eigenvalue weighted by Gasteiger charge is 2.23. The van der Waals surface area contributed by atoms with Crippen molar-refractivity contribution in [2.45, 2.75) is 276 Å². The van der Waals surface area contributed by atoms with E-state index in [2.05, 4.69) is 104 Å².